The number of nitro groups is 1. The molecule has 0 atom stereocenters. The van der Waals surface area contributed by atoms with Gasteiger partial charge in [-0.1, -0.05) is 0 Å². The molecule has 0 amide bonds. The molecule has 0 radical (unpaired) electrons. The Bertz CT molecular complexity index is 483. The fourth-order valence-electron chi connectivity index (χ4n) is 1.94. The largest absolute Gasteiger partial charge is 0.492 e. The molecule has 90 valence electrons. The summed E-state index contributed by atoms with van der Waals surface area (Å²) in [6.07, 6.45) is 1.91. The summed E-state index contributed by atoms with van der Waals surface area (Å²) in [4.78, 5) is 21.3. The van der Waals surface area contributed by atoms with Crippen LogP contribution < -0.4 is 9.47 Å². The van der Waals surface area contributed by atoms with Crippen LogP contribution in [0, 0.1) is 10.1 Å². The van der Waals surface area contributed by atoms with Crippen molar-refractivity contribution >= 4 is 12.0 Å². The molecule has 0 saturated carbocycles. The summed E-state index contributed by atoms with van der Waals surface area (Å²) in [5.74, 6) is 0.607. The van der Waals surface area contributed by atoms with Crippen molar-refractivity contribution in [2.75, 3.05) is 13.7 Å². The first-order valence-corrected chi connectivity index (χ1v) is 5.15. The first kappa shape index (κ1) is 11.4. The molecule has 1 aromatic rings. The summed E-state index contributed by atoms with van der Waals surface area (Å²) in [7, 11) is 1.37. The van der Waals surface area contributed by atoms with Gasteiger partial charge in [0.25, 0.3) is 5.69 Å². The molecule has 0 unspecified atom stereocenters. The van der Waals surface area contributed by atoms with Crippen LogP contribution in [-0.4, -0.2) is 24.9 Å². The average molecular weight is 237 g/mol. The smallest absolute Gasteiger partial charge is 0.284 e. The van der Waals surface area contributed by atoms with Gasteiger partial charge in [0.15, 0.2) is 17.8 Å². The zero-order valence-corrected chi connectivity index (χ0v) is 9.26. The number of benzene rings is 1. The van der Waals surface area contributed by atoms with Gasteiger partial charge >= 0.3 is 0 Å². The van der Waals surface area contributed by atoms with E-state index in [0.717, 1.165) is 6.42 Å². The van der Waals surface area contributed by atoms with Gasteiger partial charge in [0.2, 0.25) is 0 Å². The SMILES string of the molecule is COc1c(C=O)c([N+](=O)[O-])cc2c1OCCC2. The third kappa shape index (κ3) is 1.82. The number of nitrogens with zero attached hydrogens (tertiary/aromatic N) is 1. The van der Waals surface area contributed by atoms with E-state index >= 15 is 0 Å². The lowest BCUT2D eigenvalue weighted by atomic mass is 10.0. The maximum Gasteiger partial charge on any atom is 0.284 e. The fraction of sp³-hybridized carbons (Fsp3) is 0.364. The molecular formula is C11H11NO5. The van der Waals surface area contributed by atoms with Crippen molar-refractivity contribution in [1.82, 2.24) is 0 Å². The standard InChI is InChI=1S/C11H11NO5/c1-16-11-8(6-13)9(12(14)15)5-7-3-2-4-17-10(7)11/h5-6H,2-4H2,1H3. The highest BCUT2D eigenvalue weighted by Gasteiger charge is 2.27. The van der Waals surface area contributed by atoms with Crippen LogP contribution in [0.4, 0.5) is 5.69 Å². The monoisotopic (exact) mass is 237 g/mol. The Labute approximate surface area is 97.3 Å². The molecule has 0 spiro atoms. The van der Waals surface area contributed by atoms with Crippen molar-refractivity contribution in [3.63, 3.8) is 0 Å². The minimum atomic E-state index is -0.582. The van der Waals surface area contributed by atoms with Crippen LogP contribution in [-0.2, 0) is 6.42 Å². The number of ether oxygens (including phenoxy) is 2. The van der Waals surface area contributed by atoms with Crippen molar-refractivity contribution in [2.45, 2.75) is 12.8 Å². The van der Waals surface area contributed by atoms with Crippen LogP contribution in [0.1, 0.15) is 22.3 Å². The molecule has 0 saturated heterocycles. The molecule has 17 heavy (non-hydrogen) atoms. The Hall–Kier alpha value is -2.11. The summed E-state index contributed by atoms with van der Waals surface area (Å²) < 4.78 is 10.5. The summed E-state index contributed by atoms with van der Waals surface area (Å²) >= 11 is 0. The number of methoxy groups -OCH3 is 1. The van der Waals surface area contributed by atoms with Gasteiger partial charge in [-0.15, -0.1) is 0 Å². The van der Waals surface area contributed by atoms with Gasteiger partial charge in [-0.2, -0.15) is 0 Å². The molecule has 1 aromatic carbocycles. The Balaban J connectivity index is 2.71. The van der Waals surface area contributed by atoms with E-state index in [1.165, 1.54) is 13.2 Å². The topological polar surface area (TPSA) is 78.7 Å². The molecule has 6 nitrogen and oxygen atoms in total. The van der Waals surface area contributed by atoms with E-state index in [0.29, 0.717) is 30.6 Å². The minimum absolute atomic E-state index is 0.0712. The molecule has 0 aromatic heterocycles. The second kappa shape index (κ2) is 4.40. The average Bonchev–Trinajstić information content (AvgIpc) is 2.36. The Kier molecular flexibility index (Phi) is 2.95. The van der Waals surface area contributed by atoms with E-state index in [4.69, 9.17) is 9.47 Å². The molecule has 2 rings (SSSR count). The fourth-order valence-corrected chi connectivity index (χ4v) is 1.94. The predicted molar refractivity (Wildman–Crippen MR) is 58.9 cm³/mol. The predicted octanol–water partition coefficient (Wildman–Crippen LogP) is 1.74. The van der Waals surface area contributed by atoms with Crippen LogP contribution in [0.25, 0.3) is 0 Å². The number of carbonyl (C=O) groups is 1. The van der Waals surface area contributed by atoms with Crippen molar-refractivity contribution < 1.29 is 19.2 Å². The third-order valence-corrected chi connectivity index (χ3v) is 2.68. The second-order valence-electron chi connectivity index (χ2n) is 3.66. The quantitative estimate of drug-likeness (QED) is 0.454. The van der Waals surface area contributed by atoms with Gasteiger partial charge in [0.05, 0.1) is 18.6 Å². The van der Waals surface area contributed by atoms with Crippen LogP contribution in [0.3, 0.4) is 0 Å². The number of hydrogen-bond donors (Lipinski definition) is 0. The number of hydrogen-bond acceptors (Lipinski definition) is 5. The Morgan fingerprint density at radius 3 is 2.94 bits per heavy atom. The molecule has 0 aliphatic carbocycles. The second-order valence-corrected chi connectivity index (χ2v) is 3.66. The molecule has 0 N–H and O–H groups in total. The van der Waals surface area contributed by atoms with E-state index in [9.17, 15) is 14.9 Å². The lowest BCUT2D eigenvalue weighted by molar-refractivity contribution is -0.385. The molecule has 1 aliphatic rings. The number of aryl methyl sites for hydroxylation is 1. The van der Waals surface area contributed by atoms with Crippen molar-refractivity contribution in [2.24, 2.45) is 0 Å². The van der Waals surface area contributed by atoms with E-state index in [1.807, 2.05) is 0 Å². The van der Waals surface area contributed by atoms with E-state index in [-0.39, 0.29) is 17.0 Å². The van der Waals surface area contributed by atoms with E-state index < -0.39 is 4.92 Å². The van der Waals surface area contributed by atoms with Gasteiger partial charge in [0, 0.05) is 11.6 Å². The number of rotatable bonds is 3. The van der Waals surface area contributed by atoms with Gasteiger partial charge < -0.3 is 9.47 Å². The highest BCUT2D eigenvalue weighted by atomic mass is 16.6. The zero-order valence-electron chi connectivity index (χ0n) is 9.26. The van der Waals surface area contributed by atoms with Gasteiger partial charge in [-0.3, -0.25) is 14.9 Å². The summed E-state index contributed by atoms with van der Waals surface area (Å²) in [6.45, 7) is 0.527. The summed E-state index contributed by atoms with van der Waals surface area (Å²) in [5, 5.41) is 10.9. The van der Waals surface area contributed by atoms with Crippen LogP contribution in [0.15, 0.2) is 6.07 Å². The lowest BCUT2D eigenvalue weighted by Gasteiger charge is -2.20. The zero-order chi connectivity index (χ0) is 12.4. The van der Waals surface area contributed by atoms with Gasteiger partial charge in [0.1, 0.15) is 5.56 Å². The first-order chi connectivity index (χ1) is 8.19. The van der Waals surface area contributed by atoms with Crippen molar-refractivity contribution in [3.8, 4) is 11.5 Å². The lowest BCUT2D eigenvalue weighted by Crippen LogP contribution is -2.12. The Morgan fingerprint density at radius 2 is 2.35 bits per heavy atom. The minimum Gasteiger partial charge on any atom is -0.492 e. The Morgan fingerprint density at radius 1 is 1.59 bits per heavy atom. The molecule has 1 heterocycles. The van der Waals surface area contributed by atoms with Crippen LogP contribution in [0.2, 0.25) is 0 Å². The summed E-state index contributed by atoms with van der Waals surface area (Å²) in [5.41, 5.74) is 0.407. The third-order valence-electron chi connectivity index (χ3n) is 2.68. The molecule has 6 heteroatoms. The maximum atomic E-state index is 11.0. The van der Waals surface area contributed by atoms with Crippen LogP contribution >= 0.6 is 0 Å². The molecule has 0 fully saturated rings. The molecular weight excluding hydrogens is 226 g/mol. The van der Waals surface area contributed by atoms with Crippen LogP contribution in [0.5, 0.6) is 11.5 Å². The van der Waals surface area contributed by atoms with Gasteiger partial charge in [-0.05, 0) is 12.8 Å². The van der Waals surface area contributed by atoms with E-state index in [2.05, 4.69) is 0 Å². The first-order valence-electron chi connectivity index (χ1n) is 5.15. The molecule has 0 bridgehead atoms. The number of aldehydes is 1. The van der Waals surface area contributed by atoms with E-state index in [1.54, 1.807) is 0 Å². The number of nitro benzene ring substituents is 1. The molecule has 1 aliphatic heterocycles. The summed E-state index contributed by atoms with van der Waals surface area (Å²) in [6, 6.07) is 1.39. The van der Waals surface area contributed by atoms with Crippen molar-refractivity contribution in [1.29, 1.82) is 0 Å². The van der Waals surface area contributed by atoms with Gasteiger partial charge in [-0.25, -0.2) is 0 Å². The van der Waals surface area contributed by atoms with Crippen molar-refractivity contribution in [3.05, 3.63) is 27.3 Å². The highest BCUT2D eigenvalue weighted by molar-refractivity contribution is 5.88. The normalized spacial score (nSPS) is 13.5. The highest BCUT2D eigenvalue weighted by Crippen LogP contribution is 2.41. The maximum absolute atomic E-state index is 11.0. The number of fused-ring (bicyclic) bond motifs is 1. The number of carbonyl (C=O) groups excluding carboxylic acids is 1.